The molecular formula is C19H27N3O2S2. The number of hydrogen-bond acceptors (Lipinski definition) is 5. The van der Waals surface area contributed by atoms with Gasteiger partial charge in [0, 0.05) is 11.9 Å². The number of benzene rings is 1. The fraction of sp³-hybridized carbons (Fsp3) is 0.526. The lowest BCUT2D eigenvalue weighted by molar-refractivity contribution is 0.219. The van der Waals surface area contributed by atoms with Crippen molar-refractivity contribution in [1.82, 2.24) is 14.6 Å². The van der Waals surface area contributed by atoms with Crippen molar-refractivity contribution in [3.63, 3.8) is 0 Å². The second-order valence-electron chi connectivity index (χ2n) is 7.12. The molecule has 1 N–H and O–H groups in total. The number of aromatic nitrogens is 1. The molecule has 5 nitrogen and oxygen atoms in total. The third-order valence-corrected chi connectivity index (χ3v) is 7.32. The fourth-order valence-corrected chi connectivity index (χ4v) is 5.92. The van der Waals surface area contributed by atoms with E-state index in [0.717, 1.165) is 47.0 Å². The summed E-state index contributed by atoms with van der Waals surface area (Å²) in [6.45, 7) is 9.02. The van der Waals surface area contributed by atoms with Crippen molar-refractivity contribution in [2.75, 3.05) is 13.1 Å². The van der Waals surface area contributed by atoms with Gasteiger partial charge in [0.1, 0.15) is 5.01 Å². The van der Waals surface area contributed by atoms with Gasteiger partial charge in [-0.25, -0.2) is 18.1 Å². The number of nitrogens with one attached hydrogen (secondary N) is 1. The summed E-state index contributed by atoms with van der Waals surface area (Å²) in [5, 5.41) is 2.85. The first-order valence-corrected chi connectivity index (χ1v) is 11.4. The summed E-state index contributed by atoms with van der Waals surface area (Å²) in [7, 11) is -3.55. The zero-order chi connectivity index (χ0) is 18.7. The summed E-state index contributed by atoms with van der Waals surface area (Å²) >= 11 is 1.52. The molecule has 0 atom stereocenters. The molecule has 26 heavy (non-hydrogen) atoms. The standard InChI is InChI=1S/C19H27N3O2S2/c1-14-9-15(2)19(16(3)10-14)26(23,24)20-11-18-21-17(13-25-18)12-22-7-5-4-6-8-22/h9-10,13,20H,4-8,11-12H2,1-3H3. The minimum atomic E-state index is -3.55. The first-order valence-electron chi connectivity index (χ1n) is 9.08. The first-order chi connectivity index (χ1) is 12.3. The van der Waals surface area contributed by atoms with Crippen LogP contribution in [0, 0.1) is 20.8 Å². The van der Waals surface area contributed by atoms with Crippen LogP contribution in [0.3, 0.4) is 0 Å². The fourth-order valence-electron chi connectivity index (χ4n) is 3.67. The third-order valence-electron chi connectivity index (χ3n) is 4.72. The van der Waals surface area contributed by atoms with Gasteiger partial charge in [-0.15, -0.1) is 11.3 Å². The Morgan fingerprint density at radius 3 is 2.42 bits per heavy atom. The second kappa shape index (κ2) is 8.17. The van der Waals surface area contributed by atoms with Crippen LogP contribution in [0.4, 0.5) is 0 Å². The van der Waals surface area contributed by atoms with Crippen LogP contribution in [-0.2, 0) is 23.1 Å². The topological polar surface area (TPSA) is 62.3 Å². The third kappa shape index (κ3) is 4.71. The maximum atomic E-state index is 12.7. The predicted molar refractivity (Wildman–Crippen MR) is 106 cm³/mol. The normalized spacial score (nSPS) is 16.1. The number of nitrogens with zero attached hydrogens (tertiary/aromatic N) is 2. The molecule has 1 aliphatic rings. The van der Waals surface area contributed by atoms with Crippen molar-refractivity contribution in [2.45, 2.75) is 58.0 Å². The Balaban J connectivity index is 1.65. The lowest BCUT2D eigenvalue weighted by Gasteiger charge is -2.25. The van der Waals surface area contributed by atoms with Gasteiger partial charge >= 0.3 is 0 Å². The molecule has 0 radical (unpaired) electrons. The second-order valence-corrected chi connectivity index (χ2v) is 9.77. The highest BCUT2D eigenvalue weighted by Gasteiger charge is 2.20. The van der Waals surface area contributed by atoms with E-state index in [0.29, 0.717) is 4.90 Å². The molecule has 1 aromatic heterocycles. The van der Waals surface area contributed by atoms with E-state index in [1.165, 1.54) is 30.6 Å². The molecule has 0 saturated carbocycles. The van der Waals surface area contributed by atoms with Gasteiger partial charge < -0.3 is 0 Å². The summed E-state index contributed by atoms with van der Waals surface area (Å²) in [4.78, 5) is 7.41. The van der Waals surface area contributed by atoms with Gasteiger partial charge in [-0.1, -0.05) is 24.1 Å². The molecule has 2 aromatic rings. The number of likely N-dealkylation sites (tertiary alicyclic amines) is 1. The van der Waals surface area contributed by atoms with Crippen LogP contribution in [0.2, 0.25) is 0 Å². The van der Waals surface area contributed by atoms with Gasteiger partial charge in [0.2, 0.25) is 10.0 Å². The summed E-state index contributed by atoms with van der Waals surface area (Å²) in [6, 6.07) is 3.81. The van der Waals surface area contributed by atoms with Gasteiger partial charge in [-0.05, 0) is 57.8 Å². The lowest BCUT2D eigenvalue weighted by Crippen LogP contribution is -2.29. The van der Waals surface area contributed by atoms with Crippen molar-refractivity contribution in [3.05, 3.63) is 44.9 Å². The molecule has 3 rings (SSSR count). The summed E-state index contributed by atoms with van der Waals surface area (Å²) in [5.74, 6) is 0. The van der Waals surface area contributed by atoms with Gasteiger partial charge in [0.05, 0.1) is 17.1 Å². The average molecular weight is 394 g/mol. The molecule has 0 unspecified atom stereocenters. The van der Waals surface area contributed by atoms with E-state index in [-0.39, 0.29) is 6.54 Å². The molecule has 142 valence electrons. The molecule has 1 fully saturated rings. The summed E-state index contributed by atoms with van der Waals surface area (Å²) in [5.41, 5.74) is 3.66. The minimum Gasteiger partial charge on any atom is -0.297 e. The van der Waals surface area contributed by atoms with Crippen LogP contribution in [0.25, 0.3) is 0 Å². The van der Waals surface area contributed by atoms with E-state index in [9.17, 15) is 8.42 Å². The number of aryl methyl sites for hydroxylation is 3. The van der Waals surface area contributed by atoms with E-state index >= 15 is 0 Å². The van der Waals surface area contributed by atoms with Gasteiger partial charge in [0.25, 0.3) is 0 Å². The van der Waals surface area contributed by atoms with Gasteiger partial charge in [-0.2, -0.15) is 0 Å². The Hall–Kier alpha value is -1.28. The van der Waals surface area contributed by atoms with E-state index < -0.39 is 10.0 Å². The maximum absolute atomic E-state index is 12.7. The van der Waals surface area contributed by atoms with Crippen molar-refractivity contribution < 1.29 is 8.42 Å². The number of thiazole rings is 1. The highest BCUT2D eigenvalue weighted by Crippen LogP contribution is 2.22. The van der Waals surface area contributed by atoms with Crippen LogP contribution < -0.4 is 4.72 Å². The Kier molecular flexibility index (Phi) is 6.12. The number of hydrogen-bond donors (Lipinski definition) is 1. The monoisotopic (exact) mass is 393 g/mol. The highest BCUT2D eigenvalue weighted by atomic mass is 32.2. The zero-order valence-corrected chi connectivity index (χ0v) is 17.3. The van der Waals surface area contributed by atoms with E-state index in [1.54, 1.807) is 0 Å². The Morgan fingerprint density at radius 1 is 1.12 bits per heavy atom. The molecular weight excluding hydrogens is 366 g/mol. The largest absolute Gasteiger partial charge is 0.297 e. The molecule has 0 spiro atoms. The van der Waals surface area contributed by atoms with Crippen LogP contribution in [0.1, 0.15) is 46.7 Å². The average Bonchev–Trinajstić information content (AvgIpc) is 3.00. The van der Waals surface area contributed by atoms with Crippen molar-refractivity contribution in [3.8, 4) is 0 Å². The Bertz CT molecular complexity index is 846. The molecule has 7 heteroatoms. The van der Waals surface area contributed by atoms with Crippen molar-refractivity contribution in [1.29, 1.82) is 0 Å². The van der Waals surface area contributed by atoms with Crippen molar-refractivity contribution in [2.24, 2.45) is 0 Å². The molecule has 1 aliphatic heterocycles. The van der Waals surface area contributed by atoms with Crippen LogP contribution in [-0.4, -0.2) is 31.4 Å². The number of rotatable bonds is 6. The molecule has 1 saturated heterocycles. The predicted octanol–water partition coefficient (Wildman–Crippen LogP) is 3.53. The quantitative estimate of drug-likeness (QED) is 0.815. The molecule has 2 heterocycles. The lowest BCUT2D eigenvalue weighted by atomic mass is 10.1. The van der Waals surface area contributed by atoms with Crippen molar-refractivity contribution >= 4 is 21.4 Å². The van der Waals surface area contributed by atoms with Crippen LogP contribution in [0.15, 0.2) is 22.4 Å². The van der Waals surface area contributed by atoms with Crippen LogP contribution >= 0.6 is 11.3 Å². The smallest absolute Gasteiger partial charge is 0.241 e. The van der Waals surface area contributed by atoms with Crippen LogP contribution in [0.5, 0.6) is 0 Å². The Labute approximate surface area is 160 Å². The molecule has 0 aliphatic carbocycles. The van der Waals surface area contributed by atoms with Gasteiger partial charge in [-0.3, -0.25) is 4.90 Å². The summed E-state index contributed by atoms with van der Waals surface area (Å²) < 4.78 is 28.2. The molecule has 0 amide bonds. The van der Waals surface area contributed by atoms with E-state index in [2.05, 4.69) is 14.6 Å². The summed E-state index contributed by atoms with van der Waals surface area (Å²) in [6.07, 6.45) is 3.83. The molecule has 1 aromatic carbocycles. The zero-order valence-electron chi connectivity index (χ0n) is 15.7. The molecule has 0 bridgehead atoms. The number of piperidine rings is 1. The Morgan fingerprint density at radius 2 is 1.77 bits per heavy atom. The maximum Gasteiger partial charge on any atom is 0.241 e. The number of sulfonamides is 1. The van der Waals surface area contributed by atoms with E-state index in [1.807, 2.05) is 38.3 Å². The minimum absolute atomic E-state index is 0.236. The SMILES string of the molecule is Cc1cc(C)c(S(=O)(=O)NCc2nc(CN3CCCCC3)cs2)c(C)c1. The highest BCUT2D eigenvalue weighted by molar-refractivity contribution is 7.89. The van der Waals surface area contributed by atoms with Gasteiger partial charge in [0.15, 0.2) is 0 Å². The van der Waals surface area contributed by atoms with E-state index in [4.69, 9.17) is 0 Å². The first kappa shape index (κ1) is 19.5.